The first kappa shape index (κ1) is 28.0. The number of ether oxygens (including phenoxy) is 4. The number of carbonyl (C=O) groups is 1. The minimum absolute atomic E-state index is 0.0853. The number of aryl methyl sites for hydroxylation is 1. The van der Waals surface area contributed by atoms with Gasteiger partial charge in [0.25, 0.3) is 0 Å². The van der Waals surface area contributed by atoms with Gasteiger partial charge in [-0.3, -0.25) is 0 Å². The number of carbonyl (C=O) groups excluding carboxylic acids is 1. The van der Waals surface area contributed by atoms with E-state index in [1.807, 2.05) is 50.7 Å². The van der Waals surface area contributed by atoms with Gasteiger partial charge in [0.1, 0.15) is 22.7 Å². The van der Waals surface area contributed by atoms with Crippen LogP contribution in [0, 0.1) is 6.92 Å². The number of hydrogen-bond donors (Lipinski definition) is 0. The van der Waals surface area contributed by atoms with E-state index in [4.69, 9.17) is 23.9 Å². The summed E-state index contributed by atoms with van der Waals surface area (Å²) in [5.41, 5.74) is 1.88. The van der Waals surface area contributed by atoms with Crippen LogP contribution in [0.1, 0.15) is 51.8 Å². The highest BCUT2D eigenvalue weighted by Crippen LogP contribution is 2.38. The molecule has 6 rings (SSSR count). The Labute approximate surface area is 244 Å². The summed E-state index contributed by atoms with van der Waals surface area (Å²) in [6.07, 6.45) is 6.24. The number of fused-ring (bicyclic) bond motifs is 2. The van der Waals surface area contributed by atoms with E-state index in [0.29, 0.717) is 49.1 Å². The van der Waals surface area contributed by atoms with Gasteiger partial charge in [-0.25, -0.2) is 14.5 Å². The van der Waals surface area contributed by atoms with Crippen LogP contribution in [0.3, 0.4) is 0 Å². The van der Waals surface area contributed by atoms with Gasteiger partial charge in [-0.2, -0.15) is 15.1 Å². The Kier molecular flexibility index (Phi) is 7.48. The fourth-order valence-corrected chi connectivity index (χ4v) is 5.41. The molecule has 2 aliphatic heterocycles. The van der Waals surface area contributed by atoms with Gasteiger partial charge in [0, 0.05) is 39.0 Å². The Morgan fingerprint density at radius 3 is 2.57 bits per heavy atom. The summed E-state index contributed by atoms with van der Waals surface area (Å²) >= 11 is 0. The minimum atomic E-state index is -0.543. The van der Waals surface area contributed by atoms with Gasteiger partial charge in [0.15, 0.2) is 6.23 Å². The molecule has 12 nitrogen and oxygen atoms in total. The smallest absolute Gasteiger partial charge is 0.410 e. The van der Waals surface area contributed by atoms with E-state index in [9.17, 15) is 4.79 Å². The second kappa shape index (κ2) is 11.2. The van der Waals surface area contributed by atoms with Crippen LogP contribution in [-0.2, 0) is 9.47 Å². The lowest BCUT2D eigenvalue weighted by molar-refractivity contribution is -0.0366. The summed E-state index contributed by atoms with van der Waals surface area (Å²) in [4.78, 5) is 30.4. The van der Waals surface area contributed by atoms with Crippen molar-refractivity contribution in [2.45, 2.75) is 58.8 Å². The summed E-state index contributed by atoms with van der Waals surface area (Å²) in [5, 5.41) is 6.32. The predicted octanol–water partition coefficient (Wildman–Crippen LogP) is 5.24. The van der Waals surface area contributed by atoms with Crippen molar-refractivity contribution in [2.75, 3.05) is 44.8 Å². The monoisotopic (exact) mass is 575 g/mol. The number of nitrogens with zero attached hydrogens (tertiary/aromatic N) is 7. The Bertz CT molecular complexity index is 1600. The van der Waals surface area contributed by atoms with Crippen molar-refractivity contribution in [3.63, 3.8) is 0 Å². The van der Waals surface area contributed by atoms with Gasteiger partial charge < -0.3 is 28.7 Å². The molecular weight excluding hydrogens is 538 g/mol. The van der Waals surface area contributed by atoms with Crippen molar-refractivity contribution in [3.8, 4) is 17.6 Å². The normalized spacial score (nSPS) is 18.0. The van der Waals surface area contributed by atoms with Crippen molar-refractivity contribution < 1.29 is 23.7 Å². The lowest BCUT2D eigenvalue weighted by Crippen LogP contribution is -2.50. The second-order valence-corrected chi connectivity index (χ2v) is 11.7. The fraction of sp³-hybridized carbons (Fsp3) is 0.500. The maximum atomic E-state index is 12.6. The van der Waals surface area contributed by atoms with Gasteiger partial charge in [0.2, 0.25) is 5.88 Å². The Morgan fingerprint density at radius 2 is 1.86 bits per heavy atom. The molecule has 2 saturated heterocycles. The van der Waals surface area contributed by atoms with Crippen LogP contribution >= 0.6 is 0 Å². The Morgan fingerprint density at radius 1 is 1.05 bits per heavy atom. The molecule has 0 bridgehead atoms. The maximum absolute atomic E-state index is 12.6. The molecule has 42 heavy (non-hydrogen) atoms. The van der Waals surface area contributed by atoms with Crippen molar-refractivity contribution >= 4 is 33.7 Å². The standard InChI is InChI=1S/C30H37N7O5/c1-19-9-10-22-21(18-32-37(22)23-8-6-7-17-40-23)25(19)41-27-24-20(11-12-31-27)26(34-28(33-24)39-5)35-13-15-36(16-14-35)29(38)42-30(2,3)4/h9-12,18,23H,6-8,13-17H2,1-5H3. The fourth-order valence-electron chi connectivity index (χ4n) is 5.41. The molecule has 2 aliphatic rings. The van der Waals surface area contributed by atoms with Crippen LogP contribution in [0.15, 0.2) is 30.6 Å². The van der Waals surface area contributed by atoms with Crippen LogP contribution in [0.4, 0.5) is 10.6 Å². The van der Waals surface area contributed by atoms with Crippen LogP contribution in [0.25, 0.3) is 21.8 Å². The first-order valence-electron chi connectivity index (χ1n) is 14.4. The zero-order valence-electron chi connectivity index (χ0n) is 24.8. The molecule has 0 N–H and O–H groups in total. The lowest BCUT2D eigenvalue weighted by Gasteiger charge is -2.36. The zero-order chi connectivity index (χ0) is 29.4. The molecule has 1 aromatic carbocycles. The Balaban J connectivity index is 1.32. The highest BCUT2D eigenvalue weighted by molar-refractivity contribution is 5.94. The summed E-state index contributed by atoms with van der Waals surface area (Å²) in [6.45, 7) is 10.5. The number of pyridine rings is 1. The summed E-state index contributed by atoms with van der Waals surface area (Å²) in [7, 11) is 1.54. The lowest BCUT2D eigenvalue weighted by atomic mass is 10.1. The highest BCUT2D eigenvalue weighted by atomic mass is 16.6. The molecular formula is C30H37N7O5. The molecule has 4 aromatic rings. The van der Waals surface area contributed by atoms with Gasteiger partial charge >= 0.3 is 12.1 Å². The molecule has 0 spiro atoms. The number of aromatic nitrogens is 5. The summed E-state index contributed by atoms with van der Waals surface area (Å²) in [6, 6.07) is 6.17. The first-order valence-corrected chi connectivity index (χ1v) is 14.4. The second-order valence-electron chi connectivity index (χ2n) is 11.7. The van der Waals surface area contributed by atoms with E-state index in [-0.39, 0.29) is 18.3 Å². The molecule has 3 aromatic heterocycles. The molecule has 0 radical (unpaired) electrons. The number of hydrogen-bond acceptors (Lipinski definition) is 10. The molecule has 0 aliphatic carbocycles. The minimum Gasteiger partial charge on any atom is -0.467 e. The number of rotatable bonds is 5. The zero-order valence-corrected chi connectivity index (χ0v) is 24.8. The molecule has 0 saturated carbocycles. The number of methoxy groups -OCH3 is 1. The van der Waals surface area contributed by atoms with Crippen molar-refractivity contribution in [3.05, 3.63) is 36.2 Å². The van der Waals surface area contributed by atoms with Crippen LogP contribution < -0.4 is 14.4 Å². The quantitative estimate of drug-likeness (QED) is 0.313. The molecule has 1 amide bonds. The van der Waals surface area contributed by atoms with E-state index < -0.39 is 5.60 Å². The largest absolute Gasteiger partial charge is 0.467 e. The van der Waals surface area contributed by atoms with Crippen LogP contribution in [0.2, 0.25) is 0 Å². The van der Waals surface area contributed by atoms with E-state index in [1.165, 1.54) is 7.11 Å². The van der Waals surface area contributed by atoms with Crippen LogP contribution in [-0.4, -0.2) is 81.2 Å². The average Bonchev–Trinajstić information content (AvgIpc) is 3.42. The maximum Gasteiger partial charge on any atom is 0.410 e. The molecule has 1 atom stereocenters. The van der Waals surface area contributed by atoms with Gasteiger partial charge in [-0.05, 0) is 64.7 Å². The van der Waals surface area contributed by atoms with E-state index in [1.54, 1.807) is 11.1 Å². The molecule has 1 unspecified atom stereocenters. The Hall–Kier alpha value is -4.19. The highest BCUT2D eigenvalue weighted by Gasteiger charge is 2.28. The number of piperazine rings is 1. The van der Waals surface area contributed by atoms with Gasteiger partial charge in [-0.15, -0.1) is 0 Å². The summed E-state index contributed by atoms with van der Waals surface area (Å²) < 4.78 is 25.5. The molecule has 2 fully saturated rings. The van der Waals surface area contributed by atoms with Gasteiger partial charge in [0.05, 0.1) is 29.6 Å². The van der Waals surface area contributed by atoms with Crippen molar-refractivity contribution in [1.29, 1.82) is 0 Å². The first-order chi connectivity index (χ1) is 20.2. The molecule has 5 heterocycles. The number of anilines is 1. The number of amides is 1. The predicted molar refractivity (Wildman–Crippen MR) is 157 cm³/mol. The van der Waals surface area contributed by atoms with Gasteiger partial charge in [-0.1, -0.05) is 6.07 Å². The van der Waals surface area contributed by atoms with Crippen molar-refractivity contribution in [1.82, 2.24) is 29.6 Å². The molecule has 12 heteroatoms. The number of benzene rings is 1. The molecule has 222 valence electrons. The van der Waals surface area contributed by atoms with Crippen LogP contribution in [0.5, 0.6) is 17.6 Å². The van der Waals surface area contributed by atoms with E-state index in [2.05, 4.69) is 26.0 Å². The average molecular weight is 576 g/mol. The van der Waals surface area contributed by atoms with Crippen molar-refractivity contribution in [2.24, 2.45) is 0 Å². The van der Waals surface area contributed by atoms with E-state index >= 15 is 0 Å². The third-order valence-electron chi connectivity index (χ3n) is 7.51. The SMILES string of the molecule is COc1nc(N2CCN(C(=O)OC(C)(C)C)CC2)c2ccnc(Oc3c(C)ccc4c3cnn4C3CCCCO3)c2n1. The third kappa shape index (κ3) is 5.50. The van der Waals surface area contributed by atoms with E-state index in [0.717, 1.165) is 47.7 Å². The third-order valence-corrected chi connectivity index (χ3v) is 7.51. The summed E-state index contributed by atoms with van der Waals surface area (Å²) in [5.74, 6) is 1.71. The topological polar surface area (TPSA) is 117 Å².